The number of carbonyl (C=O) groups excluding carboxylic acids is 1. The zero-order valence-electron chi connectivity index (χ0n) is 9.70. The van der Waals surface area contributed by atoms with Crippen LogP contribution < -0.4 is 10.6 Å². The molecule has 17 heavy (non-hydrogen) atoms. The third-order valence-corrected chi connectivity index (χ3v) is 4.00. The van der Waals surface area contributed by atoms with Gasteiger partial charge in [-0.1, -0.05) is 0 Å². The zero-order valence-corrected chi connectivity index (χ0v) is 9.70. The molecule has 3 N–H and O–H groups in total. The number of H-pyrrole nitrogens is 1. The van der Waals surface area contributed by atoms with E-state index in [9.17, 15) is 4.79 Å². The van der Waals surface area contributed by atoms with E-state index < -0.39 is 0 Å². The van der Waals surface area contributed by atoms with Gasteiger partial charge in [0.1, 0.15) is 12.2 Å². The third kappa shape index (κ3) is 2.04. The SMILES string of the molecule is O=C(NCc1ncn[nH]1)C1CC12CCNCC2. The minimum absolute atomic E-state index is 0.170. The number of amides is 1. The van der Waals surface area contributed by atoms with E-state index >= 15 is 0 Å². The van der Waals surface area contributed by atoms with E-state index in [1.54, 1.807) is 0 Å². The lowest BCUT2D eigenvalue weighted by atomic mass is 9.92. The Morgan fingerprint density at radius 3 is 3.06 bits per heavy atom. The van der Waals surface area contributed by atoms with Crippen LogP contribution in [0.2, 0.25) is 0 Å². The maximum Gasteiger partial charge on any atom is 0.224 e. The molecule has 1 saturated heterocycles. The number of hydrogen-bond donors (Lipinski definition) is 3. The molecule has 1 atom stereocenters. The van der Waals surface area contributed by atoms with Gasteiger partial charge < -0.3 is 10.6 Å². The molecule has 1 spiro atoms. The molecule has 1 amide bonds. The molecular formula is C11H17N5O. The average molecular weight is 235 g/mol. The Balaban J connectivity index is 1.51. The number of nitrogens with one attached hydrogen (secondary N) is 3. The van der Waals surface area contributed by atoms with Gasteiger partial charge in [-0.25, -0.2) is 4.98 Å². The molecule has 92 valence electrons. The summed E-state index contributed by atoms with van der Waals surface area (Å²) in [5, 5.41) is 12.8. The van der Waals surface area contributed by atoms with Gasteiger partial charge in [0.25, 0.3) is 0 Å². The van der Waals surface area contributed by atoms with E-state index in [0.29, 0.717) is 17.8 Å². The van der Waals surface area contributed by atoms with Gasteiger partial charge in [0.2, 0.25) is 5.91 Å². The second-order valence-electron chi connectivity index (χ2n) is 5.02. The molecule has 1 aromatic heterocycles. The molecule has 1 aliphatic heterocycles. The fourth-order valence-electron chi connectivity index (χ4n) is 2.81. The number of piperidine rings is 1. The average Bonchev–Trinajstić information content (AvgIpc) is 2.82. The van der Waals surface area contributed by atoms with Crippen molar-refractivity contribution < 1.29 is 4.79 Å². The minimum atomic E-state index is 0.170. The predicted molar refractivity (Wildman–Crippen MR) is 60.9 cm³/mol. The molecule has 0 radical (unpaired) electrons. The van der Waals surface area contributed by atoms with Crippen molar-refractivity contribution in [2.45, 2.75) is 25.8 Å². The Morgan fingerprint density at radius 2 is 2.35 bits per heavy atom. The van der Waals surface area contributed by atoms with Crippen LogP contribution in [0.4, 0.5) is 0 Å². The zero-order chi connectivity index (χ0) is 11.7. The topological polar surface area (TPSA) is 82.7 Å². The summed E-state index contributed by atoms with van der Waals surface area (Å²) in [6.07, 6.45) is 4.77. The number of carbonyl (C=O) groups is 1. The normalized spacial score (nSPS) is 25.8. The fraction of sp³-hybridized carbons (Fsp3) is 0.727. The molecule has 1 aliphatic carbocycles. The quantitative estimate of drug-likeness (QED) is 0.678. The Labute approximate surface area is 99.6 Å². The summed E-state index contributed by atoms with van der Waals surface area (Å²) in [4.78, 5) is 16.0. The number of aromatic nitrogens is 3. The largest absolute Gasteiger partial charge is 0.349 e. The van der Waals surface area contributed by atoms with E-state index in [1.807, 2.05) is 0 Å². The van der Waals surface area contributed by atoms with Crippen LogP contribution in [0, 0.1) is 11.3 Å². The summed E-state index contributed by atoms with van der Waals surface area (Å²) in [7, 11) is 0. The molecule has 0 aromatic carbocycles. The Morgan fingerprint density at radius 1 is 1.53 bits per heavy atom. The molecule has 3 rings (SSSR count). The highest BCUT2D eigenvalue weighted by atomic mass is 16.2. The number of hydrogen-bond acceptors (Lipinski definition) is 4. The Kier molecular flexibility index (Phi) is 2.58. The fourth-order valence-corrected chi connectivity index (χ4v) is 2.81. The van der Waals surface area contributed by atoms with Crippen LogP contribution in [0.1, 0.15) is 25.1 Å². The van der Waals surface area contributed by atoms with E-state index in [-0.39, 0.29) is 11.8 Å². The van der Waals surface area contributed by atoms with Crippen LogP contribution >= 0.6 is 0 Å². The molecule has 2 heterocycles. The second kappa shape index (κ2) is 4.10. The predicted octanol–water partition coefficient (Wildman–Crippen LogP) is -0.189. The first-order chi connectivity index (χ1) is 8.30. The smallest absolute Gasteiger partial charge is 0.224 e. The first-order valence-electron chi connectivity index (χ1n) is 6.13. The second-order valence-corrected chi connectivity index (χ2v) is 5.02. The molecule has 1 saturated carbocycles. The lowest BCUT2D eigenvalue weighted by Crippen LogP contribution is -2.33. The summed E-state index contributed by atoms with van der Waals surface area (Å²) in [6.45, 7) is 2.54. The van der Waals surface area contributed by atoms with Gasteiger partial charge >= 0.3 is 0 Å². The summed E-state index contributed by atoms with van der Waals surface area (Å²) in [5.74, 6) is 1.09. The van der Waals surface area contributed by atoms with E-state index in [2.05, 4.69) is 25.8 Å². The monoisotopic (exact) mass is 235 g/mol. The van der Waals surface area contributed by atoms with Gasteiger partial charge in [-0.15, -0.1) is 0 Å². The first-order valence-corrected chi connectivity index (χ1v) is 6.13. The van der Waals surface area contributed by atoms with E-state index in [0.717, 1.165) is 32.4 Å². The maximum atomic E-state index is 12.0. The van der Waals surface area contributed by atoms with Crippen molar-refractivity contribution in [3.8, 4) is 0 Å². The van der Waals surface area contributed by atoms with Crippen molar-refractivity contribution in [2.75, 3.05) is 13.1 Å². The van der Waals surface area contributed by atoms with Crippen LogP contribution in [0.25, 0.3) is 0 Å². The third-order valence-electron chi connectivity index (χ3n) is 4.00. The van der Waals surface area contributed by atoms with Gasteiger partial charge in [0, 0.05) is 5.92 Å². The van der Waals surface area contributed by atoms with Gasteiger partial charge in [-0.2, -0.15) is 5.10 Å². The summed E-state index contributed by atoms with van der Waals surface area (Å²) in [6, 6.07) is 0. The number of nitrogens with zero attached hydrogens (tertiary/aromatic N) is 2. The van der Waals surface area contributed by atoms with Crippen LogP contribution in [0.5, 0.6) is 0 Å². The van der Waals surface area contributed by atoms with E-state index in [1.165, 1.54) is 6.33 Å². The van der Waals surface area contributed by atoms with Gasteiger partial charge in [0.15, 0.2) is 0 Å². The highest BCUT2D eigenvalue weighted by Gasteiger charge is 2.57. The highest BCUT2D eigenvalue weighted by Crippen LogP contribution is 2.58. The lowest BCUT2D eigenvalue weighted by molar-refractivity contribution is -0.123. The first kappa shape index (κ1) is 10.7. The summed E-state index contributed by atoms with van der Waals surface area (Å²) < 4.78 is 0. The number of aromatic amines is 1. The molecule has 1 aromatic rings. The van der Waals surface area contributed by atoms with Crippen molar-refractivity contribution in [1.82, 2.24) is 25.8 Å². The van der Waals surface area contributed by atoms with Crippen LogP contribution in [-0.4, -0.2) is 34.2 Å². The van der Waals surface area contributed by atoms with Crippen LogP contribution in [-0.2, 0) is 11.3 Å². The van der Waals surface area contributed by atoms with Gasteiger partial charge in [-0.3, -0.25) is 9.89 Å². The Hall–Kier alpha value is -1.43. The molecule has 2 aliphatic rings. The molecule has 2 fully saturated rings. The van der Waals surface area contributed by atoms with Crippen LogP contribution in [0.15, 0.2) is 6.33 Å². The molecular weight excluding hydrogens is 218 g/mol. The van der Waals surface area contributed by atoms with Crippen molar-refractivity contribution in [1.29, 1.82) is 0 Å². The van der Waals surface area contributed by atoms with Gasteiger partial charge in [0.05, 0.1) is 6.54 Å². The lowest BCUT2D eigenvalue weighted by Gasteiger charge is -2.23. The molecule has 6 heteroatoms. The van der Waals surface area contributed by atoms with Crippen molar-refractivity contribution in [3.05, 3.63) is 12.2 Å². The van der Waals surface area contributed by atoms with Crippen molar-refractivity contribution >= 4 is 5.91 Å². The van der Waals surface area contributed by atoms with Gasteiger partial charge in [-0.05, 0) is 37.8 Å². The molecule has 0 bridgehead atoms. The summed E-state index contributed by atoms with van der Waals surface area (Å²) in [5.41, 5.74) is 0.302. The minimum Gasteiger partial charge on any atom is -0.349 e. The number of rotatable bonds is 3. The van der Waals surface area contributed by atoms with E-state index in [4.69, 9.17) is 0 Å². The highest BCUT2D eigenvalue weighted by molar-refractivity contribution is 5.82. The van der Waals surface area contributed by atoms with Crippen molar-refractivity contribution in [2.24, 2.45) is 11.3 Å². The molecule has 6 nitrogen and oxygen atoms in total. The maximum absolute atomic E-state index is 12.0. The van der Waals surface area contributed by atoms with Crippen molar-refractivity contribution in [3.63, 3.8) is 0 Å². The Bertz CT molecular complexity index is 396. The van der Waals surface area contributed by atoms with Crippen LogP contribution in [0.3, 0.4) is 0 Å². The molecule has 1 unspecified atom stereocenters. The summed E-state index contributed by atoms with van der Waals surface area (Å²) >= 11 is 0. The standard InChI is InChI=1S/C11H17N5O/c17-10(13-6-9-14-7-15-16-9)8-5-11(8)1-3-12-4-2-11/h7-8,12H,1-6H2,(H,13,17)(H,14,15,16).